The average Bonchev–Trinajstić information content (AvgIpc) is 2.70. The van der Waals surface area contributed by atoms with Crippen LogP contribution in [0.4, 0.5) is 0 Å². The van der Waals surface area contributed by atoms with Gasteiger partial charge in [0, 0.05) is 6.61 Å². The zero-order valence-corrected chi connectivity index (χ0v) is 15.4. The summed E-state index contributed by atoms with van der Waals surface area (Å²) in [7, 11) is 0. The van der Waals surface area contributed by atoms with Gasteiger partial charge in [0.05, 0.1) is 6.61 Å². The minimum Gasteiger partial charge on any atom is -0.377 e. The second-order valence-electron chi connectivity index (χ2n) is 6.48. The van der Waals surface area contributed by atoms with Crippen LogP contribution in [0.3, 0.4) is 0 Å². The molecule has 0 heterocycles. The van der Waals surface area contributed by atoms with E-state index in [9.17, 15) is 0 Å². The van der Waals surface area contributed by atoms with Gasteiger partial charge in [-0.15, -0.1) is 6.58 Å². The van der Waals surface area contributed by atoms with E-state index in [1.165, 1.54) is 33.4 Å². The molecule has 132 valence electrons. The third-order valence-corrected chi connectivity index (χ3v) is 4.45. The summed E-state index contributed by atoms with van der Waals surface area (Å²) < 4.78 is 5.69. The van der Waals surface area contributed by atoms with Crippen molar-refractivity contribution in [3.05, 3.63) is 96.6 Å². The van der Waals surface area contributed by atoms with Gasteiger partial charge in [-0.1, -0.05) is 85.8 Å². The molecule has 0 aliphatic heterocycles. The maximum atomic E-state index is 5.69. The first-order valence-corrected chi connectivity index (χ1v) is 9.28. The Kier molecular flexibility index (Phi) is 6.40. The highest BCUT2D eigenvalue weighted by Crippen LogP contribution is 2.28. The molecule has 0 aliphatic rings. The first kappa shape index (κ1) is 18.2. The van der Waals surface area contributed by atoms with Crippen molar-refractivity contribution in [2.75, 3.05) is 6.61 Å². The maximum Gasteiger partial charge on any atom is 0.0716 e. The molecule has 0 aromatic heterocycles. The predicted molar refractivity (Wildman–Crippen MR) is 111 cm³/mol. The number of hydrogen-bond donors (Lipinski definition) is 0. The van der Waals surface area contributed by atoms with Crippen LogP contribution in [0.2, 0.25) is 0 Å². The molecule has 3 aromatic carbocycles. The molecule has 0 amide bonds. The molecule has 3 rings (SSSR count). The normalized spacial score (nSPS) is 10.7. The second-order valence-corrected chi connectivity index (χ2v) is 6.48. The van der Waals surface area contributed by atoms with Gasteiger partial charge in [0.15, 0.2) is 0 Å². The fourth-order valence-electron chi connectivity index (χ4n) is 3.15. The Hall–Kier alpha value is -2.64. The summed E-state index contributed by atoms with van der Waals surface area (Å²) in [5.41, 5.74) is 7.51. The lowest BCUT2D eigenvalue weighted by molar-refractivity contribution is 0.121. The molecule has 0 N–H and O–H groups in total. The van der Waals surface area contributed by atoms with Crippen molar-refractivity contribution in [3.8, 4) is 22.3 Å². The molecular formula is C25H26O. The lowest BCUT2D eigenvalue weighted by Gasteiger charge is -2.12. The summed E-state index contributed by atoms with van der Waals surface area (Å²) in [5, 5.41) is 0. The number of rotatable bonds is 8. The summed E-state index contributed by atoms with van der Waals surface area (Å²) in [4.78, 5) is 0. The Balaban J connectivity index is 1.86. The molecule has 0 saturated carbocycles. The van der Waals surface area contributed by atoms with Crippen LogP contribution in [0.5, 0.6) is 0 Å². The van der Waals surface area contributed by atoms with Crippen LogP contribution >= 0.6 is 0 Å². The van der Waals surface area contributed by atoms with E-state index in [1.54, 1.807) is 0 Å². The fraction of sp³-hybridized carbons (Fsp3) is 0.200. The van der Waals surface area contributed by atoms with Gasteiger partial charge in [0.1, 0.15) is 0 Å². The highest BCUT2D eigenvalue weighted by molar-refractivity contribution is 5.72. The molecule has 0 saturated heterocycles. The van der Waals surface area contributed by atoms with Crippen molar-refractivity contribution in [1.82, 2.24) is 0 Å². The van der Waals surface area contributed by atoms with Gasteiger partial charge in [-0.25, -0.2) is 0 Å². The molecule has 1 heteroatoms. The molecule has 0 radical (unpaired) electrons. The Morgan fingerprint density at radius 1 is 0.846 bits per heavy atom. The molecule has 1 nitrogen and oxygen atoms in total. The minimum absolute atomic E-state index is 0.672. The van der Waals surface area contributed by atoms with Crippen LogP contribution in [0.1, 0.15) is 24.5 Å². The van der Waals surface area contributed by atoms with Crippen LogP contribution < -0.4 is 0 Å². The zero-order valence-electron chi connectivity index (χ0n) is 15.4. The zero-order chi connectivity index (χ0) is 18.2. The van der Waals surface area contributed by atoms with Crippen LogP contribution in [0.25, 0.3) is 22.3 Å². The molecule has 0 spiro atoms. The number of hydrogen-bond acceptors (Lipinski definition) is 1. The van der Waals surface area contributed by atoms with Crippen molar-refractivity contribution >= 4 is 0 Å². The van der Waals surface area contributed by atoms with Crippen LogP contribution in [0.15, 0.2) is 85.5 Å². The summed E-state index contributed by atoms with van der Waals surface area (Å²) >= 11 is 0. The summed E-state index contributed by atoms with van der Waals surface area (Å²) in [6.07, 6.45) is 3.87. The van der Waals surface area contributed by atoms with Gasteiger partial charge in [-0.05, 0) is 46.2 Å². The van der Waals surface area contributed by atoms with Gasteiger partial charge in [-0.3, -0.25) is 0 Å². The van der Waals surface area contributed by atoms with E-state index >= 15 is 0 Å². The largest absolute Gasteiger partial charge is 0.377 e. The van der Waals surface area contributed by atoms with Crippen molar-refractivity contribution in [3.63, 3.8) is 0 Å². The summed E-state index contributed by atoms with van der Waals surface area (Å²) in [6, 6.07) is 25.9. The van der Waals surface area contributed by atoms with E-state index in [1.807, 2.05) is 12.1 Å². The highest BCUT2D eigenvalue weighted by Gasteiger charge is 2.07. The lowest BCUT2D eigenvalue weighted by Crippen LogP contribution is -1.97. The maximum absolute atomic E-state index is 5.69. The van der Waals surface area contributed by atoms with Gasteiger partial charge in [-0.2, -0.15) is 0 Å². The standard InChI is InChI=1S/C25H26O/c1-3-8-24-18-20(19-26-17-4-2)11-16-25(24)23-14-12-22(13-15-23)21-9-6-5-7-10-21/h3,5-7,9-16,18H,1,4,8,17,19H2,2H3. The smallest absolute Gasteiger partial charge is 0.0716 e. The summed E-state index contributed by atoms with van der Waals surface area (Å²) in [6.45, 7) is 7.53. The van der Waals surface area contributed by atoms with Crippen LogP contribution in [-0.2, 0) is 17.8 Å². The lowest BCUT2D eigenvalue weighted by atomic mass is 9.94. The predicted octanol–water partition coefficient (Wildman–Crippen LogP) is 6.68. The number of benzene rings is 3. The van der Waals surface area contributed by atoms with Gasteiger partial charge < -0.3 is 4.74 Å². The van der Waals surface area contributed by atoms with Crippen molar-refractivity contribution < 1.29 is 4.74 Å². The van der Waals surface area contributed by atoms with E-state index in [0.29, 0.717) is 6.61 Å². The molecule has 0 unspecified atom stereocenters. The highest BCUT2D eigenvalue weighted by atomic mass is 16.5. The Morgan fingerprint density at radius 2 is 1.54 bits per heavy atom. The second kappa shape index (κ2) is 9.17. The first-order valence-electron chi connectivity index (χ1n) is 9.28. The van der Waals surface area contributed by atoms with E-state index < -0.39 is 0 Å². The monoisotopic (exact) mass is 342 g/mol. The Labute approximate surface area is 157 Å². The Bertz CT molecular complexity index is 832. The van der Waals surface area contributed by atoms with Crippen molar-refractivity contribution in [2.45, 2.75) is 26.4 Å². The van der Waals surface area contributed by atoms with Crippen molar-refractivity contribution in [2.24, 2.45) is 0 Å². The molecule has 0 aliphatic carbocycles. The summed E-state index contributed by atoms with van der Waals surface area (Å²) in [5.74, 6) is 0. The van der Waals surface area contributed by atoms with Crippen LogP contribution in [0, 0.1) is 0 Å². The van der Waals surface area contributed by atoms with Gasteiger partial charge in [0.25, 0.3) is 0 Å². The topological polar surface area (TPSA) is 9.23 Å². The average molecular weight is 342 g/mol. The Morgan fingerprint density at radius 3 is 2.23 bits per heavy atom. The quantitative estimate of drug-likeness (QED) is 0.328. The molecule has 0 fully saturated rings. The SMILES string of the molecule is C=CCc1cc(COCCC)ccc1-c1ccc(-c2ccccc2)cc1. The van der Waals surface area contributed by atoms with E-state index in [4.69, 9.17) is 4.74 Å². The fourth-order valence-corrected chi connectivity index (χ4v) is 3.15. The van der Waals surface area contributed by atoms with Crippen molar-refractivity contribution in [1.29, 1.82) is 0 Å². The van der Waals surface area contributed by atoms with E-state index in [-0.39, 0.29) is 0 Å². The van der Waals surface area contributed by atoms with Gasteiger partial charge >= 0.3 is 0 Å². The van der Waals surface area contributed by atoms with Crippen LogP contribution in [-0.4, -0.2) is 6.61 Å². The third kappa shape index (κ3) is 4.50. The van der Waals surface area contributed by atoms with E-state index in [2.05, 4.69) is 80.2 Å². The number of ether oxygens (including phenoxy) is 1. The molecule has 26 heavy (non-hydrogen) atoms. The molecular weight excluding hydrogens is 316 g/mol. The molecule has 0 bridgehead atoms. The first-order chi connectivity index (χ1) is 12.8. The van der Waals surface area contributed by atoms with E-state index in [0.717, 1.165) is 19.4 Å². The minimum atomic E-state index is 0.672. The number of allylic oxidation sites excluding steroid dienone is 1. The van der Waals surface area contributed by atoms with Gasteiger partial charge in [0.2, 0.25) is 0 Å². The third-order valence-electron chi connectivity index (χ3n) is 4.45. The molecule has 3 aromatic rings. The molecule has 0 atom stereocenters.